The van der Waals surface area contributed by atoms with Crippen LogP contribution in [0.4, 0.5) is 5.69 Å². The summed E-state index contributed by atoms with van der Waals surface area (Å²) in [5.41, 5.74) is 1.31. The summed E-state index contributed by atoms with van der Waals surface area (Å²) in [6.45, 7) is 25.0. The van der Waals surface area contributed by atoms with Crippen molar-refractivity contribution in [2.24, 2.45) is 68.0 Å². The number of allylic oxidation sites excluding steroid dienone is 2. The molecule has 10 atom stereocenters. The fourth-order valence-electron chi connectivity index (χ4n) is 16.0. The maximum absolute atomic E-state index is 14.3. The number of sulfone groups is 1. The van der Waals surface area contributed by atoms with Crippen molar-refractivity contribution in [3.8, 4) is 0 Å². The summed E-state index contributed by atoms with van der Waals surface area (Å²) in [6, 6.07) is 7.19. The van der Waals surface area contributed by atoms with E-state index in [1.807, 2.05) is 44.7 Å². The number of esters is 1. The van der Waals surface area contributed by atoms with E-state index in [0.717, 1.165) is 62.6 Å². The van der Waals surface area contributed by atoms with E-state index in [1.165, 1.54) is 5.57 Å². The second-order valence-electron chi connectivity index (χ2n) is 25.2. The third-order valence-corrected chi connectivity index (χ3v) is 21.7. The van der Waals surface area contributed by atoms with Crippen molar-refractivity contribution in [1.29, 1.82) is 0 Å². The maximum atomic E-state index is 14.3. The Balaban J connectivity index is 0.944. The lowest BCUT2D eigenvalue weighted by Gasteiger charge is -2.72. The first kappa shape index (κ1) is 49.7. The standard InChI is InChI=1S/C54H79N3O9S/c1-32(2)43-38(58)29-54(30-42(59)55-31-48(3,4)56-45(60)33-12-14-34(15-13-33)57-24-26-67(64,65)27-25-57)23-22-52(10)35(44(43)54)16-17-40-51(9)20-19-41(50(7,8)39(51)18-21-53(40,52)11)66-47(63)37-28-36(46(61)62)49(37,5)6/h12-15,32,35-37,39-41H,16-31H2,1-11H3,(H,55,59)(H,56,60)(H,61,62)/t35-,36+,37-,39+,40-,41+,51+,52-,53-,54+/m1/s1. The van der Waals surface area contributed by atoms with E-state index >= 15 is 0 Å². The molecule has 2 amide bonds. The average Bonchev–Trinajstić information content (AvgIpc) is 3.52. The van der Waals surface area contributed by atoms with Crippen molar-refractivity contribution in [3.05, 3.63) is 41.0 Å². The topological polar surface area (TPSA) is 176 Å². The third kappa shape index (κ3) is 8.18. The zero-order valence-corrected chi connectivity index (χ0v) is 43.0. The third-order valence-electron chi connectivity index (χ3n) is 20.1. The number of carbonyl (C=O) groups is 5. The SMILES string of the molecule is CC(C)C1=C2[C@H]3CC[C@@H]4[C@@]5(C)CC[C@H](OC(=O)[C@H]6C[C@@H](C(=O)O)C6(C)C)C(C)(C)[C@@H]5CC[C@@]4(C)[C@]3(C)CC[C@@]2(CC(=O)NCC(C)(C)NC(=O)c2ccc(N3CCS(=O)(=O)CC3)cc2)CC1=O. The Morgan fingerprint density at radius 2 is 1.49 bits per heavy atom. The number of ether oxygens (including phenoxy) is 1. The number of benzene rings is 1. The molecule has 12 nitrogen and oxygen atoms in total. The molecule has 0 bridgehead atoms. The van der Waals surface area contributed by atoms with E-state index in [9.17, 15) is 37.5 Å². The molecule has 13 heteroatoms. The Hall–Kier alpha value is -3.74. The van der Waals surface area contributed by atoms with Crippen LogP contribution >= 0.6 is 0 Å². The molecule has 1 aliphatic heterocycles. The Kier molecular flexibility index (Phi) is 12.4. The second-order valence-corrected chi connectivity index (χ2v) is 27.5. The lowest BCUT2D eigenvalue weighted by molar-refractivity contribution is -0.236. The van der Waals surface area contributed by atoms with Gasteiger partial charge in [-0.25, -0.2) is 8.42 Å². The molecule has 67 heavy (non-hydrogen) atoms. The Morgan fingerprint density at radius 3 is 2.10 bits per heavy atom. The van der Waals surface area contributed by atoms with Crippen LogP contribution in [-0.2, 0) is 33.8 Å². The van der Waals surface area contributed by atoms with Gasteiger partial charge in [0.05, 0.1) is 28.9 Å². The highest BCUT2D eigenvalue weighted by Crippen LogP contribution is 2.77. The number of carboxylic acids is 1. The molecule has 0 unspecified atom stereocenters. The highest BCUT2D eigenvalue weighted by molar-refractivity contribution is 7.91. The van der Waals surface area contributed by atoms with Crippen LogP contribution in [0.25, 0.3) is 0 Å². The molecule has 0 spiro atoms. The van der Waals surface area contributed by atoms with E-state index in [-0.39, 0.29) is 87.6 Å². The lowest BCUT2D eigenvalue weighted by atomic mass is 9.33. The summed E-state index contributed by atoms with van der Waals surface area (Å²) < 4.78 is 30.2. The predicted octanol–water partition coefficient (Wildman–Crippen LogP) is 8.58. The minimum absolute atomic E-state index is 0.00299. The fraction of sp³-hybridized carbons (Fsp3) is 0.759. The molecule has 370 valence electrons. The molecule has 1 saturated heterocycles. The number of fused-ring (bicyclic) bond motifs is 7. The molecular weight excluding hydrogens is 867 g/mol. The van der Waals surface area contributed by atoms with Gasteiger partial charge in [0.25, 0.3) is 5.91 Å². The second kappa shape index (κ2) is 16.7. The van der Waals surface area contributed by atoms with Crippen molar-refractivity contribution >= 4 is 45.1 Å². The van der Waals surface area contributed by atoms with Crippen molar-refractivity contribution in [2.75, 3.05) is 36.0 Å². The molecule has 3 N–H and O–H groups in total. The molecule has 1 aromatic rings. The average molecular weight is 946 g/mol. The molecule has 8 rings (SSSR count). The van der Waals surface area contributed by atoms with E-state index in [1.54, 1.807) is 12.1 Å². The van der Waals surface area contributed by atoms with Crippen LogP contribution in [0.15, 0.2) is 35.4 Å². The molecule has 6 fully saturated rings. The predicted molar refractivity (Wildman–Crippen MR) is 259 cm³/mol. The summed E-state index contributed by atoms with van der Waals surface area (Å²) in [4.78, 5) is 69.5. The summed E-state index contributed by atoms with van der Waals surface area (Å²) in [5, 5.41) is 16.0. The normalized spacial score (nSPS) is 37.3. The van der Waals surface area contributed by atoms with Gasteiger partial charge in [-0.05, 0) is 147 Å². The van der Waals surface area contributed by atoms with Crippen LogP contribution in [0.5, 0.6) is 0 Å². The monoisotopic (exact) mass is 946 g/mol. The summed E-state index contributed by atoms with van der Waals surface area (Å²) in [7, 11) is -3.00. The Labute approximate surface area is 399 Å². The molecule has 1 aromatic carbocycles. The van der Waals surface area contributed by atoms with Crippen molar-refractivity contribution in [2.45, 2.75) is 158 Å². The van der Waals surface area contributed by atoms with E-state index in [0.29, 0.717) is 43.3 Å². The minimum atomic E-state index is -3.00. The zero-order valence-electron chi connectivity index (χ0n) is 42.2. The van der Waals surface area contributed by atoms with Gasteiger partial charge in [0.2, 0.25) is 5.91 Å². The van der Waals surface area contributed by atoms with Gasteiger partial charge in [-0.1, -0.05) is 67.9 Å². The summed E-state index contributed by atoms with van der Waals surface area (Å²) in [5.74, 6) is -0.953. The number of Topliss-reactive ketones (excluding diaryl/α,β-unsaturated/α-hetero) is 1. The minimum Gasteiger partial charge on any atom is -0.481 e. The lowest BCUT2D eigenvalue weighted by Crippen LogP contribution is -2.66. The first-order valence-electron chi connectivity index (χ1n) is 25.4. The van der Waals surface area contributed by atoms with Gasteiger partial charge in [-0.3, -0.25) is 24.0 Å². The highest BCUT2D eigenvalue weighted by Gasteiger charge is 2.70. The number of hydrogen-bond acceptors (Lipinski definition) is 9. The van der Waals surface area contributed by atoms with E-state index in [2.05, 4.69) is 59.1 Å². The number of aliphatic carboxylic acids is 1. The fourth-order valence-corrected chi connectivity index (χ4v) is 17.2. The number of carboxylic acid groups (broad SMARTS) is 1. The molecule has 0 aromatic heterocycles. The van der Waals surface area contributed by atoms with Crippen molar-refractivity contribution < 1.29 is 42.2 Å². The van der Waals surface area contributed by atoms with Gasteiger partial charge < -0.3 is 25.4 Å². The number of ketones is 1. The van der Waals surface area contributed by atoms with Gasteiger partial charge in [0, 0.05) is 54.6 Å². The number of nitrogens with zero attached hydrogens (tertiary/aromatic N) is 1. The van der Waals surface area contributed by atoms with Gasteiger partial charge >= 0.3 is 11.9 Å². The largest absolute Gasteiger partial charge is 0.481 e. The van der Waals surface area contributed by atoms with Crippen molar-refractivity contribution in [3.63, 3.8) is 0 Å². The van der Waals surface area contributed by atoms with E-state index in [4.69, 9.17) is 4.74 Å². The van der Waals surface area contributed by atoms with Crippen LogP contribution < -0.4 is 15.5 Å². The maximum Gasteiger partial charge on any atom is 0.309 e. The number of rotatable bonds is 11. The number of carbonyl (C=O) groups excluding carboxylic acids is 4. The number of hydrogen-bond donors (Lipinski definition) is 3. The first-order valence-corrected chi connectivity index (χ1v) is 27.2. The van der Waals surface area contributed by atoms with Crippen LogP contribution in [0, 0.1) is 68.0 Å². The number of anilines is 1. The van der Waals surface area contributed by atoms with E-state index < -0.39 is 44.0 Å². The number of nitrogens with one attached hydrogen (secondary N) is 2. The van der Waals surface area contributed by atoms with Crippen LogP contribution in [-0.4, -0.2) is 85.8 Å². The highest BCUT2D eigenvalue weighted by atomic mass is 32.2. The molecule has 0 radical (unpaired) electrons. The summed E-state index contributed by atoms with van der Waals surface area (Å²) in [6.07, 6.45) is 8.26. The van der Waals surface area contributed by atoms with Crippen LogP contribution in [0.2, 0.25) is 0 Å². The van der Waals surface area contributed by atoms with Gasteiger partial charge in [0.1, 0.15) is 6.10 Å². The Morgan fingerprint density at radius 1 is 0.836 bits per heavy atom. The smallest absolute Gasteiger partial charge is 0.309 e. The molecule has 5 saturated carbocycles. The van der Waals surface area contributed by atoms with Crippen LogP contribution in [0.3, 0.4) is 0 Å². The van der Waals surface area contributed by atoms with Gasteiger partial charge in [-0.2, -0.15) is 0 Å². The molecule has 1 heterocycles. The molecule has 7 aliphatic rings. The van der Waals surface area contributed by atoms with Crippen molar-refractivity contribution in [1.82, 2.24) is 10.6 Å². The first-order chi connectivity index (χ1) is 31.0. The van der Waals surface area contributed by atoms with Gasteiger partial charge in [-0.15, -0.1) is 0 Å². The summed E-state index contributed by atoms with van der Waals surface area (Å²) >= 11 is 0. The number of amides is 2. The van der Waals surface area contributed by atoms with Gasteiger partial charge in [0.15, 0.2) is 15.6 Å². The zero-order chi connectivity index (χ0) is 49.1. The molecule has 6 aliphatic carbocycles. The molecular formula is C54H79N3O9S. The Bertz CT molecular complexity index is 2340. The quantitative estimate of drug-likeness (QED) is 0.182. The van der Waals surface area contributed by atoms with Crippen LogP contribution in [0.1, 0.15) is 157 Å².